The van der Waals surface area contributed by atoms with Crippen molar-refractivity contribution in [2.45, 2.75) is 26.8 Å². The number of hydrogen-bond acceptors (Lipinski definition) is 2. The van der Waals surface area contributed by atoms with Gasteiger partial charge in [0.05, 0.1) is 12.2 Å². The summed E-state index contributed by atoms with van der Waals surface area (Å²) in [6, 6.07) is 4.46. The third kappa shape index (κ3) is 2.85. The van der Waals surface area contributed by atoms with E-state index in [1.807, 2.05) is 26.8 Å². The van der Waals surface area contributed by atoms with E-state index in [0.717, 1.165) is 17.3 Å². The number of aryl methyl sites for hydroxylation is 2. The molecular formula is C16H18F2N2. The standard InChI is InChI=1S/C16H18F2N2/c1-4-20-16(12-5-6-19-9-14(12)18)15-11(3)7-10(2)8-13(15)17/h5-9,16,20H,4H2,1-3H3. The second-order valence-corrected chi connectivity index (χ2v) is 4.87. The quantitative estimate of drug-likeness (QED) is 0.921. The zero-order valence-corrected chi connectivity index (χ0v) is 11.9. The van der Waals surface area contributed by atoms with Crippen LogP contribution in [0.5, 0.6) is 0 Å². The molecule has 0 aliphatic carbocycles. The molecule has 4 heteroatoms. The van der Waals surface area contributed by atoms with Crippen molar-refractivity contribution in [3.8, 4) is 0 Å². The SMILES string of the molecule is CCNC(c1ccncc1F)c1c(C)cc(C)cc1F. The average molecular weight is 276 g/mol. The van der Waals surface area contributed by atoms with E-state index in [2.05, 4.69) is 10.3 Å². The fraction of sp³-hybridized carbons (Fsp3) is 0.312. The van der Waals surface area contributed by atoms with Crippen LogP contribution < -0.4 is 5.32 Å². The molecule has 1 atom stereocenters. The minimum absolute atomic E-state index is 0.315. The number of nitrogens with one attached hydrogen (secondary N) is 1. The van der Waals surface area contributed by atoms with Crippen molar-refractivity contribution in [2.24, 2.45) is 0 Å². The monoisotopic (exact) mass is 276 g/mol. The number of rotatable bonds is 4. The molecule has 1 aromatic carbocycles. The van der Waals surface area contributed by atoms with Crippen LogP contribution in [-0.2, 0) is 0 Å². The van der Waals surface area contributed by atoms with Gasteiger partial charge in [-0.3, -0.25) is 4.98 Å². The van der Waals surface area contributed by atoms with Crippen molar-refractivity contribution in [2.75, 3.05) is 6.54 Å². The van der Waals surface area contributed by atoms with Gasteiger partial charge >= 0.3 is 0 Å². The number of nitrogens with zero attached hydrogens (tertiary/aromatic N) is 1. The van der Waals surface area contributed by atoms with Gasteiger partial charge < -0.3 is 5.32 Å². The Kier molecular flexibility index (Phi) is 4.45. The molecule has 0 bridgehead atoms. The van der Waals surface area contributed by atoms with Crippen LogP contribution in [0.25, 0.3) is 0 Å². The second-order valence-electron chi connectivity index (χ2n) is 4.87. The number of pyridine rings is 1. The molecular weight excluding hydrogens is 258 g/mol. The molecule has 2 aromatic rings. The molecule has 2 nitrogen and oxygen atoms in total. The van der Waals surface area contributed by atoms with Crippen LogP contribution in [0.3, 0.4) is 0 Å². The maximum atomic E-state index is 14.3. The lowest BCUT2D eigenvalue weighted by atomic mass is 9.93. The summed E-state index contributed by atoms with van der Waals surface area (Å²) in [6.07, 6.45) is 2.67. The van der Waals surface area contributed by atoms with Gasteiger partial charge in [0.15, 0.2) is 0 Å². The van der Waals surface area contributed by atoms with Crippen LogP contribution in [0.1, 0.15) is 35.2 Å². The Bertz CT molecular complexity index is 588. The summed E-state index contributed by atoms with van der Waals surface area (Å²) in [5.74, 6) is -0.748. The highest BCUT2D eigenvalue weighted by Gasteiger charge is 2.22. The van der Waals surface area contributed by atoms with E-state index in [-0.39, 0.29) is 5.82 Å². The molecule has 2 rings (SSSR count). The number of halogens is 2. The molecule has 106 valence electrons. The molecule has 20 heavy (non-hydrogen) atoms. The predicted molar refractivity (Wildman–Crippen MR) is 75.6 cm³/mol. The summed E-state index contributed by atoms with van der Waals surface area (Å²) in [5.41, 5.74) is 2.56. The third-order valence-electron chi connectivity index (χ3n) is 3.29. The highest BCUT2D eigenvalue weighted by Crippen LogP contribution is 2.29. The zero-order valence-electron chi connectivity index (χ0n) is 11.9. The Morgan fingerprint density at radius 2 is 1.95 bits per heavy atom. The summed E-state index contributed by atoms with van der Waals surface area (Å²) in [7, 11) is 0. The highest BCUT2D eigenvalue weighted by molar-refractivity contribution is 5.40. The highest BCUT2D eigenvalue weighted by atomic mass is 19.1. The van der Waals surface area contributed by atoms with E-state index in [9.17, 15) is 8.78 Å². The first-order valence-corrected chi connectivity index (χ1v) is 6.64. The molecule has 0 aliphatic rings. The lowest BCUT2D eigenvalue weighted by molar-refractivity contribution is 0.525. The van der Waals surface area contributed by atoms with Crippen molar-refractivity contribution in [3.05, 3.63) is 64.5 Å². The largest absolute Gasteiger partial charge is 0.306 e. The van der Waals surface area contributed by atoms with Crippen molar-refractivity contribution < 1.29 is 8.78 Å². The summed E-state index contributed by atoms with van der Waals surface area (Å²) in [5, 5.41) is 3.15. The molecule has 1 heterocycles. The Morgan fingerprint density at radius 3 is 2.55 bits per heavy atom. The smallest absolute Gasteiger partial charge is 0.146 e. The van der Waals surface area contributed by atoms with Gasteiger partial charge in [0.25, 0.3) is 0 Å². The number of hydrogen-bond donors (Lipinski definition) is 1. The molecule has 0 amide bonds. The first kappa shape index (κ1) is 14.6. The molecule has 1 aromatic heterocycles. The fourth-order valence-electron chi connectivity index (χ4n) is 2.48. The summed E-state index contributed by atoms with van der Waals surface area (Å²) in [6.45, 7) is 6.21. The van der Waals surface area contributed by atoms with Crippen molar-refractivity contribution >= 4 is 0 Å². The van der Waals surface area contributed by atoms with Gasteiger partial charge in [-0.15, -0.1) is 0 Å². The van der Waals surface area contributed by atoms with Crippen LogP contribution >= 0.6 is 0 Å². The minimum Gasteiger partial charge on any atom is -0.306 e. The average Bonchev–Trinajstić information content (AvgIpc) is 2.37. The molecule has 1 N–H and O–H groups in total. The van der Waals surface area contributed by atoms with E-state index in [1.165, 1.54) is 12.3 Å². The molecule has 0 aliphatic heterocycles. The third-order valence-corrected chi connectivity index (χ3v) is 3.29. The second kappa shape index (κ2) is 6.09. The van der Waals surface area contributed by atoms with E-state index >= 15 is 0 Å². The van der Waals surface area contributed by atoms with Crippen LogP contribution in [-0.4, -0.2) is 11.5 Å². The van der Waals surface area contributed by atoms with Gasteiger partial charge in [0.2, 0.25) is 0 Å². The van der Waals surface area contributed by atoms with Crippen molar-refractivity contribution in [1.29, 1.82) is 0 Å². The summed E-state index contributed by atoms with van der Waals surface area (Å²) in [4.78, 5) is 3.74. The van der Waals surface area contributed by atoms with Gasteiger partial charge in [-0.2, -0.15) is 0 Å². The van der Waals surface area contributed by atoms with Gasteiger partial charge in [0.1, 0.15) is 11.6 Å². The van der Waals surface area contributed by atoms with Crippen LogP contribution in [0, 0.1) is 25.5 Å². The van der Waals surface area contributed by atoms with Gasteiger partial charge in [-0.05, 0) is 43.7 Å². The maximum Gasteiger partial charge on any atom is 0.146 e. The van der Waals surface area contributed by atoms with Crippen LogP contribution in [0.2, 0.25) is 0 Å². The van der Waals surface area contributed by atoms with Crippen LogP contribution in [0.4, 0.5) is 8.78 Å². The molecule has 0 saturated carbocycles. The molecule has 0 spiro atoms. The number of aromatic nitrogens is 1. The van der Waals surface area contributed by atoms with E-state index in [0.29, 0.717) is 17.7 Å². The summed E-state index contributed by atoms with van der Waals surface area (Å²) >= 11 is 0. The van der Waals surface area contributed by atoms with Gasteiger partial charge in [-0.1, -0.05) is 13.0 Å². The first-order valence-electron chi connectivity index (χ1n) is 6.64. The Balaban J connectivity index is 2.58. The first-order chi connectivity index (χ1) is 9.54. The van der Waals surface area contributed by atoms with E-state index < -0.39 is 11.9 Å². The van der Waals surface area contributed by atoms with Crippen LogP contribution in [0.15, 0.2) is 30.6 Å². The predicted octanol–water partition coefficient (Wildman–Crippen LogP) is 3.68. The normalized spacial score (nSPS) is 12.4. The van der Waals surface area contributed by atoms with Gasteiger partial charge in [0, 0.05) is 17.3 Å². The topological polar surface area (TPSA) is 24.9 Å². The van der Waals surface area contributed by atoms with Crippen molar-refractivity contribution in [3.63, 3.8) is 0 Å². The Morgan fingerprint density at radius 1 is 1.20 bits per heavy atom. The molecule has 0 saturated heterocycles. The lowest BCUT2D eigenvalue weighted by Crippen LogP contribution is -2.25. The number of benzene rings is 1. The lowest BCUT2D eigenvalue weighted by Gasteiger charge is -2.22. The molecule has 0 fully saturated rings. The Hall–Kier alpha value is -1.81. The molecule has 1 unspecified atom stereocenters. The Labute approximate surface area is 117 Å². The zero-order chi connectivity index (χ0) is 14.7. The van der Waals surface area contributed by atoms with Crippen molar-refractivity contribution in [1.82, 2.24) is 10.3 Å². The molecule has 0 radical (unpaired) electrons. The maximum absolute atomic E-state index is 14.3. The van der Waals surface area contributed by atoms with E-state index in [4.69, 9.17) is 0 Å². The van der Waals surface area contributed by atoms with Gasteiger partial charge in [-0.25, -0.2) is 8.78 Å². The summed E-state index contributed by atoms with van der Waals surface area (Å²) < 4.78 is 28.3. The van der Waals surface area contributed by atoms with E-state index in [1.54, 1.807) is 6.07 Å². The fourth-order valence-corrected chi connectivity index (χ4v) is 2.48. The minimum atomic E-state index is -0.511.